The van der Waals surface area contributed by atoms with Crippen LogP contribution in [0.1, 0.15) is 111 Å². The van der Waals surface area contributed by atoms with Gasteiger partial charge in [0.15, 0.2) is 0 Å². The summed E-state index contributed by atoms with van der Waals surface area (Å²) in [6, 6.07) is -0.743. The molecule has 0 rings (SSSR count). The summed E-state index contributed by atoms with van der Waals surface area (Å²) >= 11 is 0. The number of carbonyl (C=O) groups is 2. The minimum atomic E-state index is -0.743. The molecule has 176 valence electrons. The summed E-state index contributed by atoms with van der Waals surface area (Å²) in [7, 11) is 0. The van der Waals surface area contributed by atoms with E-state index in [0.717, 1.165) is 12.8 Å². The lowest BCUT2D eigenvalue weighted by Gasteiger charge is -2.20. The zero-order valence-electron chi connectivity index (χ0n) is 20.1. The number of nitrogens with one attached hydrogen (secondary N) is 1. The molecule has 0 aliphatic heterocycles. The molecule has 5 nitrogen and oxygen atoms in total. The Morgan fingerprint density at radius 3 is 1.83 bits per heavy atom. The van der Waals surface area contributed by atoms with Crippen molar-refractivity contribution >= 4 is 12.1 Å². The average Bonchev–Trinajstić information content (AvgIpc) is 2.69. The Balaban J connectivity index is 3.77. The Morgan fingerprint density at radius 2 is 1.37 bits per heavy atom. The summed E-state index contributed by atoms with van der Waals surface area (Å²) in [4.78, 5) is 24.1. The fraction of sp³-hybridized carbons (Fsp3) is 0.840. The van der Waals surface area contributed by atoms with Crippen LogP contribution in [0.4, 0.5) is 4.79 Å². The molecule has 0 saturated carbocycles. The van der Waals surface area contributed by atoms with E-state index < -0.39 is 18.1 Å². The van der Waals surface area contributed by atoms with Crippen molar-refractivity contribution in [3.8, 4) is 0 Å². The third-order valence-electron chi connectivity index (χ3n) is 4.86. The molecule has 0 bridgehead atoms. The van der Waals surface area contributed by atoms with E-state index in [1.807, 2.05) is 20.8 Å². The highest BCUT2D eigenvalue weighted by molar-refractivity contribution is 5.81. The van der Waals surface area contributed by atoms with Gasteiger partial charge in [0.1, 0.15) is 6.04 Å². The van der Waals surface area contributed by atoms with Crippen LogP contribution in [0, 0.1) is 5.41 Å². The zero-order valence-corrected chi connectivity index (χ0v) is 20.1. The number of hydrogen-bond donors (Lipinski definition) is 1. The Hall–Kier alpha value is -1.52. The van der Waals surface area contributed by atoms with Crippen LogP contribution in [0.2, 0.25) is 0 Å². The van der Waals surface area contributed by atoms with Gasteiger partial charge in [-0.05, 0) is 18.3 Å². The van der Waals surface area contributed by atoms with Crippen molar-refractivity contribution in [3.63, 3.8) is 0 Å². The number of rotatable bonds is 18. The second-order valence-corrected chi connectivity index (χ2v) is 9.41. The maximum Gasteiger partial charge on any atom is 0.407 e. The molecule has 0 spiro atoms. The molecule has 0 fully saturated rings. The predicted octanol–water partition coefficient (Wildman–Crippen LogP) is 6.95. The molecule has 1 amide bonds. The largest absolute Gasteiger partial charge is 0.464 e. The summed E-state index contributed by atoms with van der Waals surface area (Å²) in [5.41, 5.74) is -0.125. The first-order valence-corrected chi connectivity index (χ1v) is 12.0. The van der Waals surface area contributed by atoms with Crippen molar-refractivity contribution in [2.75, 3.05) is 13.2 Å². The number of amides is 1. The minimum Gasteiger partial charge on any atom is -0.464 e. The second kappa shape index (κ2) is 18.3. The molecule has 5 heteroatoms. The van der Waals surface area contributed by atoms with Crippen molar-refractivity contribution in [1.29, 1.82) is 0 Å². The van der Waals surface area contributed by atoms with Crippen LogP contribution in [0.25, 0.3) is 0 Å². The Bertz CT molecular complexity index is 457. The summed E-state index contributed by atoms with van der Waals surface area (Å²) < 4.78 is 10.5. The standard InChI is InChI=1S/C25H47NO4/c1-6-8-9-10-11-12-13-14-15-16-17-18-20-29-23(27)22(19-7-2)26-24(28)30-21-25(3,4)5/h7,22H,2,6,8-21H2,1,3-5H3,(H,26,28). The summed E-state index contributed by atoms with van der Waals surface area (Å²) in [5.74, 6) is -0.425. The Morgan fingerprint density at radius 1 is 0.867 bits per heavy atom. The normalized spacial score (nSPS) is 12.3. The van der Waals surface area contributed by atoms with Gasteiger partial charge < -0.3 is 14.8 Å². The lowest BCUT2D eigenvalue weighted by molar-refractivity contribution is -0.146. The maximum absolute atomic E-state index is 12.2. The monoisotopic (exact) mass is 425 g/mol. The molecule has 1 unspecified atom stereocenters. The van der Waals surface area contributed by atoms with Crippen molar-refractivity contribution in [2.45, 2.75) is 117 Å². The van der Waals surface area contributed by atoms with Crippen molar-refractivity contribution < 1.29 is 19.1 Å². The number of hydrogen-bond acceptors (Lipinski definition) is 4. The highest BCUT2D eigenvalue weighted by Crippen LogP contribution is 2.13. The molecule has 0 aromatic heterocycles. The fourth-order valence-corrected chi connectivity index (χ4v) is 3.06. The van der Waals surface area contributed by atoms with Gasteiger partial charge >= 0.3 is 12.1 Å². The Labute approximate surface area is 185 Å². The van der Waals surface area contributed by atoms with Crippen LogP contribution >= 0.6 is 0 Å². The zero-order chi connectivity index (χ0) is 22.7. The van der Waals surface area contributed by atoms with Gasteiger partial charge in [-0.25, -0.2) is 9.59 Å². The topological polar surface area (TPSA) is 64.6 Å². The molecule has 0 radical (unpaired) electrons. The van der Waals surface area contributed by atoms with Gasteiger partial charge in [0.05, 0.1) is 13.2 Å². The molecule has 1 N–H and O–H groups in total. The van der Waals surface area contributed by atoms with Gasteiger partial charge in [0.2, 0.25) is 0 Å². The Kier molecular flexibility index (Phi) is 17.3. The molecule has 0 heterocycles. The van der Waals surface area contributed by atoms with Crippen LogP contribution < -0.4 is 5.32 Å². The molecule has 1 atom stereocenters. The number of carbonyl (C=O) groups excluding carboxylic acids is 2. The van der Waals surface area contributed by atoms with Gasteiger partial charge in [-0.3, -0.25) is 0 Å². The van der Waals surface area contributed by atoms with Crippen LogP contribution in [-0.2, 0) is 14.3 Å². The van der Waals surface area contributed by atoms with Crippen LogP contribution in [0.5, 0.6) is 0 Å². The van der Waals surface area contributed by atoms with Crippen molar-refractivity contribution in [3.05, 3.63) is 12.7 Å². The van der Waals surface area contributed by atoms with Gasteiger partial charge in [-0.1, -0.05) is 104 Å². The maximum atomic E-state index is 12.2. The van der Waals surface area contributed by atoms with Gasteiger partial charge in [0.25, 0.3) is 0 Å². The van der Waals surface area contributed by atoms with Gasteiger partial charge in [0, 0.05) is 0 Å². The molecular weight excluding hydrogens is 378 g/mol. The van der Waals surface area contributed by atoms with Crippen LogP contribution in [-0.4, -0.2) is 31.3 Å². The van der Waals surface area contributed by atoms with E-state index in [1.54, 1.807) is 6.08 Å². The molecule has 0 aromatic rings. The molecule has 0 aromatic carbocycles. The van der Waals surface area contributed by atoms with Crippen molar-refractivity contribution in [2.24, 2.45) is 5.41 Å². The number of unbranched alkanes of at least 4 members (excludes halogenated alkanes) is 11. The molecular formula is C25H47NO4. The summed E-state index contributed by atoms with van der Waals surface area (Å²) in [6.45, 7) is 12.5. The van der Waals surface area contributed by atoms with Crippen LogP contribution in [0.15, 0.2) is 12.7 Å². The average molecular weight is 426 g/mol. The van der Waals surface area contributed by atoms with Crippen molar-refractivity contribution in [1.82, 2.24) is 5.32 Å². The number of alkyl carbamates (subject to hydrolysis) is 1. The smallest absolute Gasteiger partial charge is 0.407 e. The number of ether oxygens (including phenoxy) is 2. The molecule has 0 aliphatic rings. The SMILES string of the molecule is C=CCC(NC(=O)OCC(C)(C)C)C(=O)OCCCCCCCCCCCCCC. The molecule has 0 saturated heterocycles. The van der Waals surface area contributed by atoms with E-state index in [9.17, 15) is 9.59 Å². The third-order valence-corrected chi connectivity index (χ3v) is 4.86. The number of esters is 1. The van der Waals surface area contributed by atoms with E-state index in [0.29, 0.717) is 13.0 Å². The van der Waals surface area contributed by atoms with Gasteiger partial charge in [-0.2, -0.15) is 0 Å². The highest BCUT2D eigenvalue weighted by Gasteiger charge is 2.22. The predicted molar refractivity (Wildman–Crippen MR) is 125 cm³/mol. The summed E-state index contributed by atoms with van der Waals surface area (Å²) in [6.07, 6.45) is 16.5. The van der Waals surface area contributed by atoms with E-state index in [1.165, 1.54) is 64.2 Å². The van der Waals surface area contributed by atoms with Gasteiger partial charge in [-0.15, -0.1) is 6.58 Å². The van der Waals surface area contributed by atoms with E-state index in [4.69, 9.17) is 9.47 Å². The lowest BCUT2D eigenvalue weighted by atomic mass is 9.99. The highest BCUT2D eigenvalue weighted by atomic mass is 16.6. The first-order chi connectivity index (χ1) is 14.3. The summed E-state index contributed by atoms with van der Waals surface area (Å²) in [5, 5.41) is 2.58. The first-order valence-electron chi connectivity index (χ1n) is 12.0. The second-order valence-electron chi connectivity index (χ2n) is 9.41. The third kappa shape index (κ3) is 18.5. The van der Waals surface area contributed by atoms with E-state index in [2.05, 4.69) is 18.8 Å². The first kappa shape index (κ1) is 28.5. The van der Waals surface area contributed by atoms with E-state index in [-0.39, 0.29) is 12.0 Å². The van der Waals surface area contributed by atoms with Crippen LogP contribution in [0.3, 0.4) is 0 Å². The van der Waals surface area contributed by atoms with E-state index >= 15 is 0 Å². The lowest BCUT2D eigenvalue weighted by Crippen LogP contribution is -2.42. The quantitative estimate of drug-likeness (QED) is 0.147. The molecule has 30 heavy (non-hydrogen) atoms. The molecule has 0 aliphatic carbocycles. The minimum absolute atomic E-state index is 0.125. The fourth-order valence-electron chi connectivity index (χ4n) is 3.06.